The summed E-state index contributed by atoms with van der Waals surface area (Å²) in [5, 5.41) is 1.36. The molecule has 5 rings (SSSR count). The zero-order valence-electron chi connectivity index (χ0n) is 14.9. The number of fused-ring (bicyclic) bond motifs is 3. The van der Waals surface area contributed by atoms with E-state index in [2.05, 4.69) is 42.5 Å². The number of hydrogen-bond acceptors (Lipinski definition) is 3. The molecule has 0 unspecified atom stereocenters. The van der Waals surface area contributed by atoms with Crippen molar-refractivity contribution in [2.75, 3.05) is 5.73 Å². The lowest BCUT2D eigenvalue weighted by molar-refractivity contribution is 0.700. The highest BCUT2D eigenvalue weighted by Gasteiger charge is 2.21. The van der Waals surface area contributed by atoms with E-state index in [1.54, 1.807) is 0 Å². The lowest BCUT2D eigenvalue weighted by Crippen LogP contribution is -1.99. The molecule has 0 bridgehead atoms. The van der Waals surface area contributed by atoms with Gasteiger partial charge in [0.1, 0.15) is 4.83 Å². The van der Waals surface area contributed by atoms with Crippen molar-refractivity contribution in [3.05, 3.63) is 71.1 Å². The van der Waals surface area contributed by atoms with E-state index in [0.717, 1.165) is 21.8 Å². The molecule has 0 saturated heterocycles. The Hall–Kier alpha value is -2.36. The molecule has 0 spiro atoms. The van der Waals surface area contributed by atoms with E-state index in [-0.39, 0.29) is 12.4 Å². The number of aromatic nitrogens is 1. The maximum absolute atomic E-state index is 6.01. The molecule has 27 heavy (non-hydrogen) atoms. The number of halogens is 1. The van der Waals surface area contributed by atoms with Crippen LogP contribution in [0, 0.1) is 0 Å². The molecule has 0 radical (unpaired) electrons. The first-order valence-electron chi connectivity index (χ1n) is 9.16. The first-order valence-corrected chi connectivity index (χ1v) is 9.98. The highest BCUT2D eigenvalue weighted by atomic mass is 35.5. The van der Waals surface area contributed by atoms with Gasteiger partial charge in [0.25, 0.3) is 0 Å². The van der Waals surface area contributed by atoms with Gasteiger partial charge in [-0.3, -0.25) is 0 Å². The van der Waals surface area contributed by atoms with Crippen molar-refractivity contribution in [2.24, 2.45) is 0 Å². The van der Waals surface area contributed by atoms with Gasteiger partial charge in [0.2, 0.25) is 0 Å². The summed E-state index contributed by atoms with van der Waals surface area (Å²) in [6.45, 7) is 0. The third-order valence-corrected chi connectivity index (χ3v) is 6.38. The quantitative estimate of drug-likeness (QED) is 0.395. The van der Waals surface area contributed by atoms with Crippen molar-refractivity contribution < 1.29 is 0 Å². The van der Waals surface area contributed by atoms with Gasteiger partial charge < -0.3 is 5.73 Å². The highest BCUT2D eigenvalue weighted by molar-refractivity contribution is 7.19. The van der Waals surface area contributed by atoms with Gasteiger partial charge >= 0.3 is 0 Å². The predicted octanol–water partition coefficient (Wildman–Crippen LogP) is 6.51. The minimum atomic E-state index is 0. The molecule has 4 aromatic rings. The van der Waals surface area contributed by atoms with Crippen molar-refractivity contribution in [3.63, 3.8) is 0 Å². The summed E-state index contributed by atoms with van der Waals surface area (Å²) in [5.41, 5.74) is 13.0. The molecule has 1 aliphatic carbocycles. The van der Waals surface area contributed by atoms with Gasteiger partial charge in [0, 0.05) is 21.5 Å². The third-order valence-electron chi connectivity index (χ3n) is 5.19. The van der Waals surface area contributed by atoms with Crippen LogP contribution in [0.15, 0.2) is 60.7 Å². The number of anilines is 1. The van der Waals surface area contributed by atoms with Gasteiger partial charge in [-0.25, -0.2) is 4.98 Å². The number of nitrogen functional groups attached to an aromatic ring is 1. The SMILES string of the molecule is Cl.Nc1cccc(-c2cc(-c3ccccc3)c3c4c(sc3n2)CCCC4)c1. The molecule has 2 N–H and O–H groups in total. The first kappa shape index (κ1) is 18.0. The Morgan fingerprint density at radius 2 is 1.63 bits per heavy atom. The van der Waals surface area contributed by atoms with E-state index in [1.165, 1.54) is 52.6 Å². The summed E-state index contributed by atoms with van der Waals surface area (Å²) in [6, 6.07) is 21.0. The fourth-order valence-electron chi connectivity index (χ4n) is 3.95. The van der Waals surface area contributed by atoms with Crippen LogP contribution in [-0.4, -0.2) is 4.98 Å². The van der Waals surface area contributed by atoms with Crippen molar-refractivity contribution in [3.8, 4) is 22.4 Å². The average molecular weight is 393 g/mol. The number of hydrogen-bond donors (Lipinski definition) is 1. The standard InChI is InChI=1S/C23H20N2S.ClH/c24-17-10-6-9-16(13-17)20-14-19(15-7-2-1-3-8-15)22-18-11-4-5-12-21(18)26-23(22)25-20;/h1-3,6-10,13-14H,4-5,11-12,24H2;1H. The van der Waals surface area contributed by atoms with Crippen LogP contribution in [0.5, 0.6) is 0 Å². The van der Waals surface area contributed by atoms with E-state index < -0.39 is 0 Å². The number of pyridine rings is 1. The van der Waals surface area contributed by atoms with Crippen LogP contribution < -0.4 is 5.73 Å². The van der Waals surface area contributed by atoms with Gasteiger partial charge in [0.15, 0.2) is 0 Å². The van der Waals surface area contributed by atoms with Gasteiger partial charge in [-0.1, -0.05) is 42.5 Å². The summed E-state index contributed by atoms with van der Waals surface area (Å²) in [4.78, 5) is 7.73. The molecule has 0 saturated carbocycles. The predicted molar refractivity (Wildman–Crippen MR) is 119 cm³/mol. The molecule has 0 amide bonds. The molecule has 0 aliphatic heterocycles. The number of thiophene rings is 1. The van der Waals surface area contributed by atoms with E-state index >= 15 is 0 Å². The van der Waals surface area contributed by atoms with Gasteiger partial charge in [0.05, 0.1) is 5.69 Å². The summed E-state index contributed by atoms with van der Waals surface area (Å²) in [5.74, 6) is 0. The van der Waals surface area contributed by atoms with E-state index in [1.807, 2.05) is 29.5 Å². The van der Waals surface area contributed by atoms with E-state index in [0.29, 0.717) is 0 Å². The maximum Gasteiger partial charge on any atom is 0.125 e. The van der Waals surface area contributed by atoms with Crippen LogP contribution in [0.25, 0.3) is 32.6 Å². The fraction of sp³-hybridized carbons (Fsp3) is 0.174. The molecule has 136 valence electrons. The Morgan fingerprint density at radius 3 is 2.44 bits per heavy atom. The molecule has 2 heterocycles. The van der Waals surface area contributed by atoms with E-state index in [4.69, 9.17) is 10.7 Å². The highest BCUT2D eigenvalue weighted by Crippen LogP contribution is 2.42. The van der Waals surface area contributed by atoms with Crippen molar-refractivity contribution in [1.82, 2.24) is 4.98 Å². The topological polar surface area (TPSA) is 38.9 Å². The zero-order chi connectivity index (χ0) is 17.5. The monoisotopic (exact) mass is 392 g/mol. The number of aryl methyl sites for hydroxylation is 2. The molecule has 1 aliphatic rings. The van der Waals surface area contributed by atoms with Crippen LogP contribution in [0.3, 0.4) is 0 Å². The summed E-state index contributed by atoms with van der Waals surface area (Å²) < 4.78 is 0. The van der Waals surface area contributed by atoms with Gasteiger partial charge in [-0.2, -0.15) is 0 Å². The fourth-order valence-corrected chi connectivity index (χ4v) is 5.24. The largest absolute Gasteiger partial charge is 0.399 e. The van der Waals surface area contributed by atoms with Crippen LogP contribution in [0.2, 0.25) is 0 Å². The number of nitrogens with zero attached hydrogens (tertiary/aromatic N) is 1. The Balaban J connectivity index is 0.00000180. The normalized spacial score (nSPS) is 13.2. The van der Waals surface area contributed by atoms with Gasteiger partial charge in [-0.05, 0) is 60.6 Å². The van der Waals surface area contributed by atoms with Gasteiger partial charge in [-0.15, -0.1) is 23.7 Å². The second kappa shape index (κ2) is 7.34. The third kappa shape index (κ3) is 3.22. The second-order valence-corrected chi connectivity index (χ2v) is 8.02. The molecule has 2 aromatic carbocycles. The number of nitrogens with two attached hydrogens (primary N) is 1. The Morgan fingerprint density at radius 1 is 0.852 bits per heavy atom. The summed E-state index contributed by atoms with van der Waals surface area (Å²) in [7, 11) is 0. The minimum Gasteiger partial charge on any atom is -0.399 e. The minimum absolute atomic E-state index is 0. The van der Waals surface area contributed by atoms with E-state index in [9.17, 15) is 0 Å². The lowest BCUT2D eigenvalue weighted by Gasteiger charge is -2.13. The summed E-state index contributed by atoms with van der Waals surface area (Å²) >= 11 is 1.88. The van der Waals surface area contributed by atoms with Crippen molar-refractivity contribution in [2.45, 2.75) is 25.7 Å². The Kier molecular flexibility index (Phi) is 4.90. The molecular formula is C23H21ClN2S. The van der Waals surface area contributed by atoms with Crippen LogP contribution in [0.1, 0.15) is 23.3 Å². The van der Waals surface area contributed by atoms with Crippen LogP contribution in [-0.2, 0) is 12.8 Å². The Bertz CT molecular complexity index is 1100. The molecule has 4 heteroatoms. The van der Waals surface area contributed by atoms with Crippen LogP contribution >= 0.6 is 23.7 Å². The smallest absolute Gasteiger partial charge is 0.125 e. The molecule has 2 aromatic heterocycles. The molecule has 2 nitrogen and oxygen atoms in total. The summed E-state index contributed by atoms with van der Waals surface area (Å²) in [6.07, 6.45) is 4.94. The van der Waals surface area contributed by atoms with Crippen molar-refractivity contribution in [1.29, 1.82) is 0 Å². The zero-order valence-corrected chi connectivity index (χ0v) is 16.6. The first-order chi connectivity index (χ1) is 12.8. The van der Waals surface area contributed by atoms with Crippen LogP contribution in [0.4, 0.5) is 5.69 Å². The van der Waals surface area contributed by atoms with Crippen molar-refractivity contribution >= 4 is 39.6 Å². The second-order valence-electron chi connectivity index (χ2n) is 6.94. The number of rotatable bonds is 2. The molecular weight excluding hydrogens is 372 g/mol. The molecule has 0 fully saturated rings. The maximum atomic E-state index is 6.01. The average Bonchev–Trinajstić information content (AvgIpc) is 3.06. The number of benzene rings is 2. The lowest BCUT2D eigenvalue weighted by atomic mass is 9.92. The molecule has 0 atom stereocenters. The Labute approximate surface area is 169 Å².